The number of ether oxygens (including phenoxy) is 1. The average Bonchev–Trinajstić information content (AvgIpc) is 3.11. The molecule has 0 radical (unpaired) electrons. The highest BCUT2D eigenvalue weighted by Gasteiger charge is 2.58. The van der Waals surface area contributed by atoms with E-state index in [0.29, 0.717) is 30.6 Å². The van der Waals surface area contributed by atoms with Crippen LogP contribution in [0.5, 0.6) is 0 Å². The SMILES string of the molecule is N[C@@H]1[C@H]2CC[C@H](C2)[C@@]12CCC[C@@H](C(=O)N1CCOCC1)C2. The van der Waals surface area contributed by atoms with Crippen molar-refractivity contribution in [3.8, 4) is 0 Å². The third-order valence-electron chi connectivity index (χ3n) is 6.95. The van der Waals surface area contributed by atoms with Crippen LogP contribution in [0.15, 0.2) is 0 Å². The molecule has 2 bridgehead atoms. The molecule has 4 heteroatoms. The molecule has 0 aromatic carbocycles. The second-order valence-corrected chi connectivity index (χ2v) is 7.76. The molecule has 4 fully saturated rings. The molecule has 3 aliphatic carbocycles. The number of fused-ring (bicyclic) bond motifs is 3. The first-order chi connectivity index (χ1) is 10.2. The van der Waals surface area contributed by atoms with Crippen molar-refractivity contribution in [1.82, 2.24) is 4.90 Å². The molecule has 1 amide bonds. The van der Waals surface area contributed by atoms with Crippen LogP contribution in [0.1, 0.15) is 44.9 Å². The Bertz CT molecular complexity index is 417. The van der Waals surface area contributed by atoms with Crippen molar-refractivity contribution in [1.29, 1.82) is 0 Å². The Balaban J connectivity index is 1.49. The summed E-state index contributed by atoms with van der Waals surface area (Å²) in [4.78, 5) is 14.9. The molecule has 1 saturated heterocycles. The summed E-state index contributed by atoms with van der Waals surface area (Å²) < 4.78 is 5.37. The zero-order valence-corrected chi connectivity index (χ0v) is 12.9. The molecule has 118 valence electrons. The Kier molecular flexibility index (Phi) is 3.49. The second-order valence-electron chi connectivity index (χ2n) is 7.76. The molecule has 1 heterocycles. The van der Waals surface area contributed by atoms with Gasteiger partial charge in [0.15, 0.2) is 0 Å². The van der Waals surface area contributed by atoms with Gasteiger partial charge >= 0.3 is 0 Å². The summed E-state index contributed by atoms with van der Waals surface area (Å²) in [5.41, 5.74) is 6.92. The van der Waals surface area contributed by atoms with Crippen LogP contribution in [-0.4, -0.2) is 43.2 Å². The first-order valence-corrected chi connectivity index (χ1v) is 8.83. The van der Waals surface area contributed by atoms with Crippen molar-refractivity contribution in [3.63, 3.8) is 0 Å². The Morgan fingerprint density at radius 2 is 2.00 bits per heavy atom. The van der Waals surface area contributed by atoms with E-state index in [1.807, 2.05) is 4.90 Å². The summed E-state index contributed by atoms with van der Waals surface area (Å²) in [6, 6.07) is 0.358. The highest BCUT2D eigenvalue weighted by molar-refractivity contribution is 5.79. The Labute approximate surface area is 127 Å². The number of carbonyl (C=O) groups excluding carboxylic acids is 1. The van der Waals surface area contributed by atoms with Crippen LogP contribution in [0.4, 0.5) is 0 Å². The van der Waals surface area contributed by atoms with E-state index in [-0.39, 0.29) is 5.92 Å². The molecule has 1 aliphatic heterocycles. The Morgan fingerprint density at radius 1 is 1.19 bits per heavy atom. The fraction of sp³-hybridized carbons (Fsp3) is 0.941. The molecular formula is C17H28N2O2. The minimum Gasteiger partial charge on any atom is -0.378 e. The van der Waals surface area contributed by atoms with Gasteiger partial charge in [-0.2, -0.15) is 0 Å². The van der Waals surface area contributed by atoms with E-state index in [1.165, 1.54) is 32.1 Å². The molecular weight excluding hydrogens is 264 g/mol. The molecule has 1 spiro atoms. The van der Waals surface area contributed by atoms with E-state index in [9.17, 15) is 4.79 Å². The van der Waals surface area contributed by atoms with Gasteiger partial charge in [-0.25, -0.2) is 0 Å². The van der Waals surface area contributed by atoms with E-state index in [1.54, 1.807) is 0 Å². The van der Waals surface area contributed by atoms with Gasteiger partial charge in [0.1, 0.15) is 0 Å². The number of nitrogens with two attached hydrogens (primary N) is 1. The van der Waals surface area contributed by atoms with E-state index >= 15 is 0 Å². The number of rotatable bonds is 1. The highest BCUT2D eigenvalue weighted by atomic mass is 16.5. The normalized spacial score (nSPS) is 46.2. The van der Waals surface area contributed by atoms with E-state index in [2.05, 4.69) is 0 Å². The zero-order chi connectivity index (χ0) is 14.4. The van der Waals surface area contributed by atoms with E-state index in [4.69, 9.17) is 10.5 Å². The molecule has 0 aromatic heterocycles. The lowest BCUT2D eigenvalue weighted by molar-refractivity contribution is -0.143. The summed E-state index contributed by atoms with van der Waals surface area (Å²) >= 11 is 0. The maximum absolute atomic E-state index is 12.8. The van der Waals surface area contributed by atoms with Crippen molar-refractivity contribution in [2.24, 2.45) is 28.9 Å². The van der Waals surface area contributed by atoms with Gasteiger partial charge in [0.25, 0.3) is 0 Å². The number of nitrogens with zero attached hydrogens (tertiary/aromatic N) is 1. The number of hydrogen-bond acceptors (Lipinski definition) is 3. The van der Waals surface area contributed by atoms with Gasteiger partial charge in [0.2, 0.25) is 5.91 Å². The van der Waals surface area contributed by atoms with Gasteiger partial charge < -0.3 is 15.4 Å². The van der Waals surface area contributed by atoms with Gasteiger partial charge in [-0.05, 0) is 55.8 Å². The molecule has 21 heavy (non-hydrogen) atoms. The lowest BCUT2D eigenvalue weighted by Crippen LogP contribution is -2.52. The second kappa shape index (κ2) is 5.24. The summed E-state index contributed by atoms with van der Waals surface area (Å²) in [7, 11) is 0. The van der Waals surface area contributed by atoms with Crippen molar-refractivity contribution in [3.05, 3.63) is 0 Å². The van der Waals surface area contributed by atoms with Crippen LogP contribution in [0.25, 0.3) is 0 Å². The van der Waals surface area contributed by atoms with Crippen molar-refractivity contribution < 1.29 is 9.53 Å². The highest BCUT2D eigenvalue weighted by Crippen LogP contribution is 2.61. The Hall–Kier alpha value is -0.610. The largest absolute Gasteiger partial charge is 0.378 e. The molecule has 2 N–H and O–H groups in total. The predicted molar refractivity (Wildman–Crippen MR) is 80.6 cm³/mol. The maximum Gasteiger partial charge on any atom is 0.225 e. The van der Waals surface area contributed by atoms with Crippen LogP contribution in [0.2, 0.25) is 0 Å². The fourth-order valence-electron chi connectivity index (χ4n) is 5.87. The molecule has 4 rings (SSSR count). The van der Waals surface area contributed by atoms with Gasteiger partial charge in [-0.15, -0.1) is 0 Å². The number of morpholine rings is 1. The molecule has 0 aromatic rings. The van der Waals surface area contributed by atoms with Gasteiger partial charge in [-0.1, -0.05) is 6.42 Å². The number of hydrogen-bond donors (Lipinski definition) is 1. The van der Waals surface area contributed by atoms with Gasteiger partial charge in [0, 0.05) is 25.0 Å². The molecule has 0 unspecified atom stereocenters. The summed E-state index contributed by atoms with van der Waals surface area (Å²) in [6.45, 7) is 2.96. The summed E-state index contributed by atoms with van der Waals surface area (Å²) in [5.74, 6) is 2.15. The first-order valence-electron chi connectivity index (χ1n) is 8.83. The van der Waals surface area contributed by atoms with Crippen LogP contribution in [0, 0.1) is 23.2 Å². The van der Waals surface area contributed by atoms with Crippen molar-refractivity contribution >= 4 is 5.91 Å². The quantitative estimate of drug-likeness (QED) is 0.801. The Morgan fingerprint density at radius 3 is 2.71 bits per heavy atom. The third kappa shape index (κ3) is 2.14. The molecule has 4 aliphatic rings. The fourth-order valence-corrected chi connectivity index (χ4v) is 5.87. The number of carbonyl (C=O) groups is 1. The van der Waals surface area contributed by atoms with Gasteiger partial charge in [-0.3, -0.25) is 4.79 Å². The zero-order valence-electron chi connectivity index (χ0n) is 12.9. The lowest BCUT2D eigenvalue weighted by Gasteiger charge is -2.48. The minimum atomic E-state index is 0.224. The van der Waals surface area contributed by atoms with E-state index in [0.717, 1.165) is 37.8 Å². The lowest BCUT2D eigenvalue weighted by atomic mass is 9.59. The first kappa shape index (κ1) is 14.0. The van der Waals surface area contributed by atoms with Gasteiger partial charge in [0.05, 0.1) is 13.2 Å². The summed E-state index contributed by atoms with van der Waals surface area (Å²) in [6.07, 6.45) is 8.61. The predicted octanol–water partition coefficient (Wildman–Crippen LogP) is 1.78. The number of amides is 1. The topological polar surface area (TPSA) is 55.6 Å². The van der Waals surface area contributed by atoms with Crippen LogP contribution >= 0.6 is 0 Å². The van der Waals surface area contributed by atoms with E-state index < -0.39 is 0 Å². The van der Waals surface area contributed by atoms with Crippen LogP contribution in [0.3, 0.4) is 0 Å². The average molecular weight is 292 g/mol. The van der Waals surface area contributed by atoms with Crippen molar-refractivity contribution in [2.45, 2.75) is 51.0 Å². The van der Waals surface area contributed by atoms with Crippen LogP contribution < -0.4 is 5.73 Å². The maximum atomic E-state index is 12.8. The minimum absolute atomic E-state index is 0.224. The summed E-state index contributed by atoms with van der Waals surface area (Å²) in [5, 5.41) is 0. The third-order valence-corrected chi connectivity index (χ3v) is 6.95. The molecule has 3 saturated carbocycles. The molecule has 5 atom stereocenters. The van der Waals surface area contributed by atoms with Crippen LogP contribution in [-0.2, 0) is 9.53 Å². The smallest absolute Gasteiger partial charge is 0.225 e. The standard InChI is InChI=1S/C17H28N2O2/c18-15-12-3-4-14(10-12)17(15)5-1-2-13(11-17)16(20)19-6-8-21-9-7-19/h12-15H,1-11,18H2/t12-,13+,14+,15+,17-/m0/s1. The monoisotopic (exact) mass is 292 g/mol. The van der Waals surface area contributed by atoms with Crippen molar-refractivity contribution in [2.75, 3.05) is 26.3 Å². The molecule has 4 nitrogen and oxygen atoms in total.